The molecule has 2 aromatic rings. The van der Waals surface area contributed by atoms with Crippen molar-refractivity contribution in [1.82, 2.24) is 4.90 Å². The molecule has 0 radical (unpaired) electrons. The molecule has 2 aromatic carbocycles. The van der Waals surface area contributed by atoms with E-state index in [1.165, 1.54) is 4.31 Å². The predicted molar refractivity (Wildman–Crippen MR) is 115 cm³/mol. The maximum atomic E-state index is 12.7. The first-order chi connectivity index (χ1) is 13.8. The van der Waals surface area contributed by atoms with Gasteiger partial charge in [-0.1, -0.05) is 38.1 Å². The molecule has 0 spiro atoms. The summed E-state index contributed by atoms with van der Waals surface area (Å²) in [5, 5.41) is 2.82. The summed E-state index contributed by atoms with van der Waals surface area (Å²) in [5.74, 6) is -0.0106. The van der Waals surface area contributed by atoms with Gasteiger partial charge in [-0.3, -0.25) is 14.0 Å². The molecule has 0 aromatic heterocycles. The number of carbonyl (C=O) groups is 1. The first-order valence-corrected chi connectivity index (χ1v) is 11.5. The Bertz CT molecular complexity index is 956. The lowest BCUT2D eigenvalue weighted by molar-refractivity contribution is -0.122. The molecular weight excluding hydrogens is 390 g/mol. The van der Waals surface area contributed by atoms with E-state index < -0.39 is 16.1 Å². The Hall–Kier alpha value is -2.58. The third kappa shape index (κ3) is 5.07. The van der Waals surface area contributed by atoms with E-state index in [1.54, 1.807) is 24.3 Å². The van der Waals surface area contributed by atoms with E-state index in [1.807, 2.05) is 24.3 Å². The van der Waals surface area contributed by atoms with Crippen LogP contribution < -0.4 is 14.4 Å². The third-order valence-corrected chi connectivity index (χ3v) is 6.10. The lowest BCUT2D eigenvalue weighted by Gasteiger charge is -2.33. The zero-order valence-corrected chi connectivity index (χ0v) is 17.8. The van der Waals surface area contributed by atoms with Crippen molar-refractivity contribution < 1.29 is 17.9 Å². The second-order valence-electron chi connectivity index (χ2n) is 7.02. The number of benzene rings is 2. The summed E-state index contributed by atoms with van der Waals surface area (Å²) in [4.78, 5) is 15.0. The van der Waals surface area contributed by atoms with Crippen LogP contribution in [0.15, 0.2) is 48.5 Å². The molecule has 1 aliphatic heterocycles. The fourth-order valence-electron chi connectivity index (χ4n) is 3.27. The molecule has 1 heterocycles. The molecule has 0 fully saturated rings. The Morgan fingerprint density at radius 3 is 2.41 bits per heavy atom. The average molecular weight is 418 g/mol. The van der Waals surface area contributed by atoms with Crippen LogP contribution in [0.25, 0.3) is 0 Å². The van der Waals surface area contributed by atoms with Crippen LogP contribution in [-0.4, -0.2) is 51.2 Å². The number of para-hydroxylation sites is 2. The lowest BCUT2D eigenvalue weighted by Crippen LogP contribution is -2.48. The third-order valence-electron chi connectivity index (χ3n) is 4.95. The Morgan fingerprint density at radius 1 is 1.14 bits per heavy atom. The summed E-state index contributed by atoms with van der Waals surface area (Å²) >= 11 is 0. The number of hydrogen-bond donors (Lipinski definition) is 1. The van der Waals surface area contributed by atoms with Gasteiger partial charge >= 0.3 is 0 Å². The molecular formula is C21H27N3O4S. The molecule has 3 rings (SSSR count). The van der Waals surface area contributed by atoms with Gasteiger partial charge in [0.2, 0.25) is 10.0 Å². The molecule has 8 heteroatoms. The van der Waals surface area contributed by atoms with Gasteiger partial charge in [0.05, 0.1) is 18.5 Å². The standard InChI is InChI=1S/C21H27N3O4S/c1-4-23(5-2)14-16-10-12-17(13-11-16)22-21(25)20-15-24(29(3,26)27)18-8-6-7-9-19(18)28-20/h6-13,20H,4-5,14-15H2,1-3H3,(H,22,25)/t20-/m0/s1. The number of carbonyl (C=O) groups excluding carboxylic acids is 1. The van der Waals surface area contributed by atoms with Crippen LogP contribution in [0.3, 0.4) is 0 Å². The molecule has 0 bridgehead atoms. The highest BCUT2D eigenvalue weighted by molar-refractivity contribution is 7.92. The van der Waals surface area contributed by atoms with Crippen molar-refractivity contribution >= 4 is 27.3 Å². The number of sulfonamides is 1. The normalized spacial score (nSPS) is 16.3. The van der Waals surface area contributed by atoms with E-state index in [-0.39, 0.29) is 12.5 Å². The zero-order valence-electron chi connectivity index (χ0n) is 17.0. The largest absolute Gasteiger partial charge is 0.476 e. The van der Waals surface area contributed by atoms with Gasteiger partial charge in [-0.05, 0) is 42.9 Å². The van der Waals surface area contributed by atoms with E-state index in [0.29, 0.717) is 17.1 Å². The summed E-state index contributed by atoms with van der Waals surface area (Å²) in [7, 11) is -3.53. The van der Waals surface area contributed by atoms with Crippen LogP contribution >= 0.6 is 0 Å². The smallest absolute Gasteiger partial charge is 0.267 e. The molecule has 1 aliphatic rings. The maximum Gasteiger partial charge on any atom is 0.267 e. The predicted octanol–water partition coefficient (Wildman–Crippen LogP) is 2.69. The Morgan fingerprint density at radius 2 is 1.79 bits per heavy atom. The van der Waals surface area contributed by atoms with E-state index in [2.05, 4.69) is 24.1 Å². The Balaban J connectivity index is 1.71. The molecule has 1 atom stereocenters. The number of rotatable bonds is 7. The number of nitrogens with one attached hydrogen (secondary N) is 1. The quantitative estimate of drug-likeness (QED) is 0.749. The first-order valence-electron chi connectivity index (χ1n) is 9.67. The second-order valence-corrected chi connectivity index (χ2v) is 8.92. The van der Waals surface area contributed by atoms with Crippen molar-refractivity contribution in [3.05, 3.63) is 54.1 Å². The molecule has 29 heavy (non-hydrogen) atoms. The number of hydrogen-bond acceptors (Lipinski definition) is 5. The molecule has 7 nitrogen and oxygen atoms in total. The minimum atomic E-state index is -3.53. The number of amides is 1. The summed E-state index contributed by atoms with van der Waals surface area (Å²) in [6, 6.07) is 14.5. The average Bonchev–Trinajstić information content (AvgIpc) is 2.71. The molecule has 0 saturated carbocycles. The number of fused-ring (bicyclic) bond motifs is 1. The fraction of sp³-hybridized carbons (Fsp3) is 0.381. The second kappa shape index (κ2) is 8.84. The summed E-state index contributed by atoms with van der Waals surface area (Å²) in [6.45, 7) is 6.99. The zero-order chi connectivity index (χ0) is 21.0. The van der Waals surface area contributed by atoms with Crippen LogP contribution in [0.2, 0.25) is 0 Å². The van der Waals surface area contributed by atoms with E-state index in [9.17, 15) is 13.2 Å². The van der Waals surface area contributed by atoms with Crippen LogP contribution in [0.1, 0.15) is 19.4 Å². The number of nitrogens with zero attached hydrogens (tertiary/aromatic N) is 2. The Labute approximate surface area is 172 Å². The highest BCUT2D eigenvalue weighted by Crippen LogP contribution is 2.34. The van der Waals surface area contributed by atoms with Gasteiger partial charge in [0, 0.05) is 12.2 Å². The SMILES string of the molecule is CCN(CC)Cc1ccc(NC(=O)[C@@H]2CN(S(C)(=O)=O)c3ccccc3O2)cc1. The van der Waals surface area contributed by atoms with Crippen LogP contribution in [-0.2, 0) is 21.4 Å². The van der Waals surface area contributed by atoms with Gasteiger partial charge in [-0.2, -0.15) is 0 Å². The molecule has 0 unspecified atom stereocenters. The molecule has 156 valence electrons. The highest BCUT2D eigenvalue weighted by atomic mass is 32.2. The minimum Gasteiger partial charge on any atom is -0.476 e. The van der Waals surface area contributed by atoms with Crippen molar-refractivity contribution in [2.45, 2.75) is 26.5 Å². The van der Waals surface area contributed by atoms with Gasteiger partial charge in [-0.15, -0.1) is 0 Å². The lowest BCUT2D eigenvalue weighted by atomic mass is 10.1. The van der Waals surface area contributed by atoms with Gasteiger partial charge < -0.3 is 10.1 Å². The van der Waals surface area contributed by atoms with Crippen LogP contribution in [0.4, 0.5) is 11.4 Å². The van der Waals surface area contributed by atoms with Gasteiger partial charge in [0.25, 0.3) is 5.91 Å². The highest BCUT2D eigenvalue weighted by Gasteiger charge is 2.34. The summed E-state index contributed by atoms with van der Waals surface area (Å²) in [6.07, 6.45) is 0.188. The fourth-order valence-corrected chi connectivity index (χ4v) is 4.19. The van der Waals surface area contributed by atoms with Crippen molar-refractivity contribution in [3.8, 4) is 5.75 Å². The maximum absolute atomic E-state index is 12.7. The summed E-state index contributed by atoms with van der Waals surface area (Å²) in [5.41, 5.74) is 2.25. The number of anilines is 2. The molecule has 1 N–H and O–H groups in total. The minimum absolute atomic E-state index is 0.0677. The van der Waals surface area contributed by atoms with Crippen molar-refractivity contribution in [2.75, 3.05) is 35.5 Å². The number of ether oxygens (including phenoxy) is 1. The van der Waals surface area contributed by atoms with Crippen LogP contribution in [0, 0.1) is 0 Å². The Kier molecular flexibility index (Phi) is 6.44. The topological polar surface area (TPSA) is 79.0 Å². The van der Waals surface area contributed by atoms with Crippen molar-refractivity contribution in [3.63, 3.8) is 0 Å². The van der Waals surface area contributed by atoms with Gasteiger partial charge in [0.15, 0.2) is 6.10 Å². The molecule has 1 amide bonds. The van der Waals surface area contributed by atoms with E-state index in [0.717, 1.165) is 31.5 Å². The summed E-state index contributed by atoms with van der Waals surface area (Å²) < 4.78 is 31.4. The van der Waals surface area contributed by atoms with Crippen molar-refractivity contribution in [1.29, 1.82) is 0 Å². The van der Waals surface area contributed by atoms with E-state index >= 15 is 0 Å². The van der Waals surface area contributed by atoms with Crippen LogP contribution in [0.5, 0.6) is 5.75 Å². The first kappa shape index (κ1) is 21.1. The van der Waals surface area contributed by atoms with E-state index in [4.69, 9.17) is 4.74 Å². The van der Waals surface area contributed by atoms with Gasteiger partial charge in [0.1, 0.15) is 5.75 Å². The molecule has 0 aliphatic carbocycles. The molecule has 0 saturated heterocycles. The van der Waals surface area contributed by atoms with Gasteiger partial charge in [-0.25, -0.2) is 8.42 Å². The monoisotopic (exact) mass is 417 g/mol. The van der Waals surface area contributed by atoms with Crippen molar-refractivity contribution in [2.24, 2.45) is 0 Å².